The van der Waals surface area contributed by atoms with Gasteiger partial charge >= 0.3 is 0 Å². The zero-order valence-electron chi connectivity index (χ0n) is 11.5. The molecule has 0 heterocycles. The van der Waals surface area contributed by atoms with Gasteiger partial charge in [-0.1, -0.05) is 18.2 Å². The van der Waals surface area contributed by atoms with Gasteiger partial charge in [-0.25, -0.2) is 4.39 Å². The number of rotatable bonds is 4. The van der Waals surface area contributed by atoms with Crippen molar-refractivity contribution >= 4 is 17.5 Å². The molecule has 0 fully saturated rings. The number of carbonyl (C=O) groups is 1. The number of nitrogens with zero attached hydrogens (tertiary/aromatic N) is 1. The van der Waals surface area contributed by atoms with E-state index in [1.165, 1.54) is 30.3 Å². The Bertz CT molecular complexity index is 612. The van der Waals surface area contributed by atoms with Gasteiger partial charge in [0.2, 0.25) is 0 Å². The van der Waals surface area contributed by atoms with Gasteiger partial charge in [-0.3, -0.25) is 4.79 Å². The molecule has 0 N–H and O–H groups in total. The summed E-state index contributed by atoms with van der Waals surface area (Å²) in [6.45, 7) is 0. The maximum atomic E-state index is 12.8. The van der Waals surface area contributed by atoms with Gasteiger partial charge in [0.1, 0.15) is 5.82 Å². The van der Waals surface area contributed by atoms with Crippen LogP contribution >= 0.6 is 0 Å². The second kappa shape index (κ2) is 6.15. The zero-order chi connectivity index (χ0) is 14.5. The summed E-state index contributed by atoms with van der Waals surface area (Å²) in [5.74, 6) is -0.480. The average Bonchev–Trinajstić information content (AvgIpc) is 2.46. The molecular formula is C17H16FNO. The van der Waals surface area contributed by atoms with Crippen LogP contribution in [0.4, 0.5) is 10.1 Å². The van der Waals surface area contributed by atoms with Crippen LogP contribution in [-0.4, -0.2) is 19.9 Å². The molecule has 0 aliphatic heterocycles. The molecule has 0 aliphatic carbocycles. The lowest BCUT2D eigenvalue weighted by Gasteiger charge is -2.11. The van der Waals surface area contributed by atoms with Crippen LogP contribution in [0.2, 0.25) is 0 Å². The molecule has 0 bridgehead atoms. The Morgan fingerprint density at radius 1 is 1.00 bits per heavy atom. The number of benzene rings is 2. The Labute approximate surface area is 118 Å². The van der Waals surface area contributed by atoms with Crippen LogP contribution in [0.3, 0.4) is 0 Å². The second-order valence-corrected chi connectivity index (χ2v) is 4.69. The quantitative estimate of drug-likeness (QED) is 0.621. The van der Waals surface area contributed by atoms with Crippen LogP contribution in [0.5, 0.6) is 0 Å². The first-order chi connectivity index (χ1) is 9.56. The van der Waals surface area contributed by atoms with E-state index in [4.69, 9.17) is 0 Å². The monoisotopic (exact) mass is 268 g/mol. The van der Waals surface area contributed by atoms with Crippen molar-refractivity contribution in [3.63, 3.8) is 0 Å². The normalized spacial score (nSPS) is 10.8. The molecule has 2 nitrogen and oxygen atoms in total. The maximum Gasteiger partial charge on any atom is 0.185 e. The van der Waals surface area contributed by atoms with Gasteiger partial charge < -0.3 is 4.90 Å². The Balaban J connectivity index is 2.08. The number of halogens is 1. The van der Waals surface area contributed by atoms with Crippen molar-refractivity contribution in [3.05, 3.63) is 71.6 Å². The lowest BCUT2D eigenvalue weighted by atomic mass is 10.1. The Morgan fingerprint density at radius 2 is 1.60 bits per heavy atom. The topological polar surface area (TPSA) is 20.3 Å². The van der Waals surface area contributed by atoms with E-state index in [-0.39, 0.29) is 11.6 Å². The van der Waals surface area contributed by atoms with Crippen LogP contribution in [0.25, 0.3) is 6.08 Å². The molecule has 0 amide bonds. The van der Waals surface area contributed by atoms with E-state index in [2.05, 4.69) is 0 Å². The Hall–Kier alpha value is -2.42. The minimum absolute atomic E-state index is 0.137. The van der Waals surface area contributed by atoms with E-state index in [9.17, 15) is 9.18 Å². The lowest BCUT2D eigenvalue weighted by Crippen LogP contribution is -2.07. The van der Waals surface area contributed by atoms with E-state index < -0.39 is 0 Å². The summed E-state index contributed by atoms with van der Waals surface area (Å²) in [7, 11) is 3.95. The fourth-order valence-electron chi connectivity index (χ4n) is 1.77. The first kappa shape index (κ1) is 14.0. The average molecular weight is 268 g/mol. The number of anilines is 1. The summed E-state index contributed by atoms with van der Waals surface area (Å²) < 4.78 is 12.8. The fourth-order valence-corrected chi connectivity index (χ4v) is 1.77. The van der Waals surface area contributed by atoms with Crippen molar-refractivity contribution in [2.24, 2.45) is 0 Å². The molecule has 0 spiro atoms. The molecule has 0 radical (unpaired) electrons. The predicted octanol–water partition coefficient (Wildman–Crippen LogP) is 3.79. The third-order valence-electron chi connectivity index (χ3n) is 2.97. The van der Waals surface area contributed by atoms with Gasteiger partial charge in [0, 0.05) is 25.3 Å². The summed E-state index contributed by atoms with van der Waals surface area (Å²) in [4.78, 5) is 13.9. The number of hydrogen-bond acceptors (Lipinski definition) is 2. The molecule has 2 aromatic carbocycles. The molecule has 0 saturated carbocycles. The van der Waals surface area contributed by atoms with Crippen molar-refractivity contribution in [2.45, 2.75) is 0 Å². The molecule has 2 rings (SSSR count). The zero-order valence-corrected chi connectivity index (χ0v) is 11.5. The highest BCUT2D eigenvalue weighted by atomic mass is 19.1. The van der Waals surface area contributed by atoms with E-state index >= 15 is 0 Å². The van der Waals surface area contributed by atoms with E-state index in [1.54, 1.807) is 6.08 Å². The number of hydrogen-bond donors (Lipinski definition) is 0. The molecule has 20 heavy (non-hydrogen) atoms. The standard InChI is InChI=1S/C17H16FNO/c1-19(2)16-10-3-13(4-11-16)5-12-17(20)14-6-8-15(18)9-7-14/h3-12H,1-2H3/b12-5+/i1-1. The van der Waals surface area contributed by atoms with Crippen LogP contribution in [0, 0.1) is 5.82 Å². The maximum absolute atomic E-state index is 12.8. The van der Waals surface area contributed by atoms with E-state index in [0.29, 0.717) is 5.56 Å². The van der Waals surface area contributed by atoms with E-state index in [0.717, 1.165) is 11.3 Å². The van der Waals surface area contributed by atoms with Crippen LogP contribution in [0.1, 0.15) is 15.9 Å². The summed E-state index contributed by atoms with van der Waals surface area (Å²) >= 11 is 0. The predicted molar refractivity (Wildman–Crippen MR) is 80.5 cm³/mol. The third-order valence-corrected chi connectivity index (χ3v) is 2.97. The minimum Gasteiger partial charge on any atom is -0.378 e. The van der Waals surface area contributed by atoms with Gasteiger partial charge in [-0.15, -0.1) is 0 Å². The molecule has 0 saturated heterocycles. The molecule has 0 aromatic heterocycles. The van der Waals surface area contributed by atoms with Crippen LogP contribution in [0.15, 0.2) is 54.6 Å². The smallest absolute Gasteiger partial charge is 0.185 e. The van der Waals surface area contributed by atoms with Gasteiger partial charge in [0.25, 0.3) is 0 Å². The number of carbonyl (C=O) groups excluding carboxylic acids is 1. The minimum atomic E-state index is -0.343. The van der Waals surface area contributed by atoms with Crippen molar-refractivity contribution in [3.8, 4) is 0 Å². The summed E-state index contributed by atoms with van der Waals surface area (Å²) in [6, 6.07) is 13.4. The number of ketones is 1. The Morgan fingerprint density at radius 3 is 2.15 bits per heavy atom. The molecule has 102 valence electrons. The molecule has 0 unspecified atom stereocenters. The van der Waals surface area contributed by atoms with Gasteiger partial charge in [-0.2, -0.15) is 0 Å². The largest absolute Gasteiger partial charge is 0.378 e. The summed E-state index contributed by atoms with van der Waals surface area (Å²) in [6.07, 6.45) is 3.25. The highest BCUT2D eigenvalue weighted by Gasteiger charge is 2.01. The fraction of sp³-hybridized carbons (Fsp3) is 0.118. The van der Waals surface area contributed by atoms with Gasteiger partial charge in [0.05, 0.1) is 0 Å². The first-order valence-corrected chi connectivity index (χ1v) is 6.31. The van der Waals surface area contributed by atoms with Crippen molar-refractivity contribution < 1.29 is 9.18 Å². The van der Waals surface area contributed by atoms with Crippen LogP contribution in [-0.2, 0) is 0 Å². The summed E-state index contributed by atoms with van der Waals surface area (Å²) in [5.41, 5.74) is 2.53. The second-order valence-electron chi connectivity index (χ2n) is 4.69. The van der Waals surface area contributed by atoms with Gasteiger partial charge in [-0.05, 0) is 48.0 Å². The first-order valence-electron chi connectivity index (χ1n) is 6.31. The Kier molecular flexibility index (Phi) is 4.31. The molecule has 3 heteroatoms. The molecule has 0 aliphatic rings. The van der Waals surface area contributed by atoms with Crippen molar-refractivity contribution in [2.75, 3.05) is 19.0 Å². The van der Waals surface area contributed by atoms with Crippen molar-refractivity contribution in [1.29, 1.82) is 0 Å². The molecular weight excluding hydrogens is 252 g/mol. The highest BCUT2D eigenvalue weighted by Crippen LogP contribution is 2.13. The number of allylic oxidation sites excluding steroid dienone is 1. The molecule has 0 atom stereocenters. The SMILES string of the molecule is CN([11CH3])c1ccc(/C=C/C(=O)c2ccc(F)cc2)cc1. The van der Waals surface area contributed by atoms with Gasteiger partial charge in [0.15, 0.2) is 5.78 Å². The summed E-state index contributed by atoms with van der Waals surface area (Å²) in [5, 5.41) is 0. The molecule has 2 aromatic rings. The van der Waals surface area contributed by atoms with E-state index in [1.807, 2.05) is 43.3 Å². The lowest BCUT2D eigenvalue weighted by molar-refractivity contribution is 0.104. The highest BCUT2D eigenvalue weighted by molar-refractivity contribution is 6.06. The van der Waals surface area contributed by atoms with Crippen molar-refractivity contribution in [1.82, 2.24) is 0 Å². The van der Waals surface area contributed by atoms with Crippen LogP contribution < -0.4 is 4.90 Å². The third kappa shape index (κ3) is 3.54.